The van der Waals surface area contributed by atoms with E-state index < -0.39 is 0 Å². The van der Waals surface area contributed by atoms with E-state index >= 15 is 0 Å². The van der Waals surface area contributed by atoms with E-state index in [1.165, 1.54) is 13.2 Å². The van der Waals surface area contributed by atoms with Gasteiger partial charge in [-0.2, -0.15) is 0 Å². The van der Waals surface area contributed by atoms with E-state index in [-0.39, 0.29) is 22.4 Å². The van der Waals surface area contributed by atoms with E-state index in [2.05, 4.69) is 21.3 Å². The Labute approximate surface area is 157 Å². The SMILES string of the molecule is COc1ccc(CN2CC[C@]3(C2)SN(c2ccccc2)C[C@@H]3O)cc1F. The molecule has 1 spiro atoms. The second kappa shape index (κ2) is 7.10. The van der Waals surface area contributed by atoms with E-state index in [1.807, 2.05) is 24.3 Å². The van der Waals surface area contributed by atoms with Gasteiger partial charge in [0.15, 0.2) is 11.6 Å². The summed E-state index contributed by atoms with van der Waals surface area (Å²) in [4.78, 5) is 2.30. The van der Waals surface area contributed by atoms with E-state index in [1.54, 1.807) is 18.0 Å². The van der Waals surface area contributed by atoms with E-state index in [4.69, 9.17) is 4.74 Å². The molecule has 0 amide bonds. The molecule has 2 aliphatic heterocycles. The minimum Gasteiger partial charge on any atom is -0.494 e. The van der Waals surface area contributed by atoms with Crippen LogP contribution in [0, 0.1) is 5.82 Å². The quantitative estimate of drug-likeness (QED) is 0.831. The number of likely N-dealkylation sites (tertiary alicyclic amines) is 1. The van der Waals surface area contributed by atoms with Crippen molar-refractivity contribution in [1.82, 2.24) is 4.90 Å². The fraction of sp³-hybridized carbons (Fsp3) is 0.400. The van der Waals surface area contributed by atoms with Gasteiger partial charge < -0.3 is 14.1 Å². The Kier molecular flexibility index (Phi) is 4.82. The molecule has 138 valence electrons. The first kappa shape index (κ1) is 17.6. The molecule has 1 N–H and O–H groups in total. The van der Waals surface area contributed by atoms with Crippen molar-refractivity contribution in [3.05, 3.63) is 59.9 Å². The third-order valence-corrected chi connectivity index (χ3v) is 6.80. The summed E-state index contributed by atoms with van der Waals surface area (Å²) < 4.78 is 20.9. The summed E-state index contributed by atoms with van der Waals surface area (Å²) in [5.74, 6) is -0.0589. The van der Waals surface area contributed by atoms with Gasteiger partial charge in [-0.25, -0.2) is 4.39 Å². The fourth-order valence-electron chi connectivity index (χ4n) is 3.83. The van der Waals surface area contributed by atoms with Crippen LogP contribution >= 0.6 is 11.9 Å². The van der Waals surface area contributed by atoms with Crippen LogP contribution < -0.4 is 9.04 Å². The Bertz CT molecular complexity index is 776. The number of hydrogen-bond donors (Lipinski definition) is 1. The van der Waals surface area contributed by atoms with Crippen molar-refractivity contribution in [3.63, 3.8) is 0 Å². The van der Waals surface area contributed by atoms with Crippen molar-refractivity contribution in [2.75, 3.05) is 31.0 Å². The number of aliphatic hydroxyl groups is 1. The van der Waals surface area contributed by atoms with Gasteiger partial charge in [-0.15, -0.1) is 0 Å². The maximum atomic E-state index is 13.9. The number of halogens is 1. The summed E-state index contributed by atoms with van der Waals surface area (Å²) in [5, 5.41) is 10.7. The Balaban J connectivity index is 1.44. The predicted octanol–water partition coefficient (Wildman–Crippen LogP) is 3.31. The second-order valence-electron chi connectivity index (χ2n) is 7.00. The van der Waals surface area contributed by atoms with Crippen molar-refractivity contribution in [3.8, 4) is 5.75 Å². The summed E-state index contributed by atoms with van der Waals surface area (Å²) >= 11 is 1.75. The lowest BCUT2D eigenvalue weighted by atomic mass is 10.0. The molecule has 4 nitrogen and oxygen atoms in total. The topological polar surface area (TPSA) is 35.9 Å². The van der Waals surface area contributed by atoms with E-state index in [9.17, 15) is 9.50 Å². The highest BCUT2D eigenvalue weighted by molar-refractivity contribution is 8.02. The highest BCUT2D eigenvalue weighted by Crippen LogP contribution is 2.47. The number of nitrogens with zero attached hydrogens (tertiary/aromatic N) is 2. The third kappa shape index (κ3) is 3.29. The van der Waals surface area contributed by atoms with Gasteiger partial charge in [0.05, 0.1) is 24.5 Å². The number of rotatable bonds is 4. The fourth-order valence-corrected chi connectivity index (χ4v) is 5.33. The third-order valence-electron chi connectivity index (χ3n) is 5.25. The average Bonchev–Trinajstić information content (AvgIpc) is 3.20. The van der Waals surface area contributed by atoms with Crippen LogP contribution in [0.5, 0.6) is 5.75 Å². The largest absolute Gasteiger partial charge is 0.494 e. The zero-order valence-electron chi connectivity index (χ0n) is 14.8. The average molecular weight is 374 g/mol. The molecule has 4 rings (SSSR count). The maximum Gasteiger partial charge on any atom is 0.165 e. The molecule has 0 aromatic heterocycles. The van der Waals surface area contributed by atoms with Gasteiger partial charge in [0, 0.05) is 25.3 Å². The lowest BCUT2D eigenvalue weighted by Crippen LogP contribution is -2.39. The molecule has 2 atom stereocenters. The minimum atomic E-state index is -0.370. The second-order valence-corrected chi connectivity index (χ2v) is 8.43. The van der Waals surface area contributed by atoms with Crippen molar-refractivity contribution in [1.29, 1.82) is 0 Å². The normalized spacial score (nSPS) is 26.0. The van der Waals surface area contributed by atoms with Gasteiger partial charge in [0.1, 0.15) is 0 Å². The number of aliphatic hydroxyl groups excluding tert-OH is 1. The Morgan fingerprint density at radius 2 is 2.08 bits per heavy atom. The Morgan fingerprint density at radius 1 is 1.27 bits per heavy atom. The number of anilines is 1. The Morgan fingerprint density at radius 3 is 2.81 bits per heavy atom. The zero-order valence-corrected chi connectivity index (χ0v) is 15.6. The molecule has 2 aromatic carbocycles. The highest BCUT2D eigenvalue weighted by Gasteiger charge is 2.51. The van der Waals surface area contributed by atoms with Crippen LogP contribution in [-0.4, -0.2) is 47.6 Å². The summed E-state index contributed by atoms with van der Waals surface area (Å²) in [5.41, 5.74) is 2.06. The summed E-state index contributed by atoms with van der Waals surface area (Å²) in [6.07, 6.45) is 0.561. The molecule has 26 heavy (non-hydrogen) atoms. The molecule has 2 heterocycles. The number of para-hydroxylation sites is 1. The molecule has 0 unspecified atom stereocenters. The zero-order chi connectivity index (χ0) is 18.1. The number of β-amino-alcohol motifs (C(OH)–C–C–N with tert-alkyl or cyclic N) is 1. The maximum absolute atomic E-state index is 13.9. The van der Waals surface area contributed by atoms with Gasteiger partial charge in [0.2, 0.25) is 0 Å². The van der Waals surface area contributed by atoms with Crippen LogP contribution in [0.3, 0.4) is 0 Å². The number of hydrogen-bond acceptors (Lipinski definition) is 5. The van der Waals surface area contributed by atoms with Crippen LogP contribution in [0.15, 0.2) is 48.5 Å². The lowest BCUT2D eigenvalue weighted by Gasteiger charge is -2.26. The standard InChI is InChI=1S/C20H23FN2O2S/c1-25-18-8-7-15(11-17(18)21)12-22-10-9-20(14-22)19(24)13-23(26-20)16-5-3-2-4-6-16/h2-8,11,19,24H,9-10,12-14H2,1H3/t19-,20+/m0/s1. The van der Waals surface area contributed by atoms with Gasteiger partial charge in [-0.1, -0.05) is 24.3 Å². The van der Waals surface area contributed by atoms with Crippen LogP contribution in [0.1, 0.15) is 12.0 Å². The molecular formula is C20H23FN2O2S. The van der Waals surface area contributed by atoms with Crippen molar-refractivity contribution in [2.24, 2.45) is 0 Å². The van der Waals surface area contributed by atoms with Crippen LogP contribution in [0.25, 0.3) is 0 Å². The molecule has 0 bridgehead atoms. The summed E-state index contributed by atoms with van der Waals surface area (Å²) in [6, 6.07) is 15.3. The van der Waals surface area contributed by atoms with E-state index in [0.29, 0.717) is 13.1 Å². The highest BCUT2D eigenvalue weighted by atomic mass is 32.2. The van der Waals surface area contributed by atoms with Crippen LogP contribution in [0.4, 0.5) is 10.1 Å². The van der Waals surface area contributed by atoms with Crippen molar-refractivity contribution < 1.29 is 14.2 Å². The molecule has 2 aliphatic rings. The molecule has 2 saturated heterocycles. The van der Waals surface area contributed by atoms with Crippen LogP contribution in [0.2, 0.25) is 0 Å². The Hall–Kier alpha value is -1.76. The summed E-state index contributed by atoms with van der Waals surface area (Å²) in [6.45, 7) is 3.02. The smallest absolute Gasteiger partial charge is 0.165 e. The van der Waals surface area contributed by atoms with Crippen molar-refractivity contribution >= 4 is 17.6 Å². The minimum absolute atomic E-state index is 0.180. The molecule has 0 radical (unpaired) electrons. The van der Waals surface area contributed by atoms with Gasteiger partial charge in [-0.3, -0.25) is 4.90 Å². The molecular weight excluding hydrogens is 351 g/mol. The monoisotopic (exact) mass is 374 g/mol. The number of benzene rings is 2. The molecule has 6 heteroatoms. The predicted molar refractivity (Wildman–Crippen MR) is 103 cm³/mol. The molecule has 2 fully saturated rings. The first-order valence-corrected chi connectivity index (χ1v) is 9.61. The molecule has 0 aliphatic carbocycles. The van der Waals surface area contributed by atoms with Crippen LogP contribution in [-0.2, 0) is 6.54 Å². The lowest BCUT2D eigenvalue weighted by molar-refractivity contribution is 0.145. The molecule has 2 aromatic rings. The first-order chi connectivity index (χ1) is 12.6. The van der Waals surface area contributed by atoms with Crippen molar-refractivity contribution in [2.45, 2.75) is 23.8 Å². The number of ether oxygens (including phenoxy) is 1. The number of methoxy groups -OCH3 is 1. The molecule has 0 saturated carbocycles. The first-order valence-electron chi connectivity index (χ1n) is 8.84. The van der Waals surface area contributed by atoms with Gasteiger partial charge in [-0.05, 0) is 48.2 Å². The summed E-state index contributed by atoms with van der Waals surface area (Å²) in [7, 11) is 1.47. The van der Waals surface area contributed by atoms with Gasteiger partial charge in [0.25, 0.3) is 0 Å². The van der Waals surface area contributed by atoms with Gasteiger partial charge >= 0.3 is 0 Å². The van der Waals surface area contributed by atoms with E-state index in [0.717, 1.165) is 30.8 Å².